The topological polar surface area (TPSA) is 109 Å². The Morgan fingerprint density at radius 1 is 1.11 bits per heavy atom. The number of hydrogen-bond acceptors (Lipinski definition) is 6. The van der Waals surface area contributed by atoms with Crippen molar-refractivity contribution in [2.75, 3.05) is 23.5 Å². The second kappa shape index (κ2) is 9.05. The third kappa shape index (κ3) is 5.34. The van der Waals surface area contributed by atoms with Gasteiger partial charge in [0.25, 0.3) is 0 Å². The molecular weight excluding hydrogens is 378 g/mol. The molecule has 0 aliphatic heterocycles. The maximum atomic E-state index is 12.1. The van der Waals surface area contributed by atoms with Crippen molar-refractivity contribution < 1.29 is 14.3 Å². The molecule has 9 heteroatoms. The Balaban J connectivity index is 1.55. The van der Waals surface area contributed by atoms with E-state index >= 15 is 0 Å². The summed E-state index contributed by atoms with van der Waals surface area (Å²) < 4.78 is 5.14. The number of benzene rings is 2. The Bertz CT molecular complexity index is 972. The molecule has 3 aromatic rings. The van der Waals surface area contributed by atoms with E-state index in [1.165, 1.54) is 18.7 Å². The van der Waals surface area contributed by atoms with E-state index in [2.05, 4.69) is 25.8 Å². The van der Waals surface area contributed by atoms with Crippen LogP contribution in [0.15, 0.2) is 53.7 Å². The summed E-state index contributed by atoms with van der Waals surface area (Å²) in [6.07, 6.45) is 0. The van der Waals surface area contributed by atoms with Crippen molar-refractivity contribution in [2.24, 2.45) is 0 Å². The van der Waals surface area contributed by atoms with E-state index in [0.717, 1.165) is 5.56 Å². The van der Waals surface area contributed by atoms with E-state index in [9.17, 15) is 9.59 Å². The number of amides is 2. The fourth-order valence-corrected chi connectivity index (χ4v) is 2.98. The van der Waals surface area contributed by atoms with Gasteiger partial charge in [-0.15, -0.1) is 5.10 Å². The second-order valence-electron chi connectivity index (χ2n) is 5.79. The van der Waals surface area contributed by atoms with E-state index in [1.807, 2.05) is 18.2 Å². The Morgan fingerprint density at radius 3 is 2.61 bits per heavy atom. The molecule has 28 heavy (non-hydrogen) atoms. The minimum atomic E-state index is -0.163. The third-order valence-electron chi connectivity index (χ3n) is 3.63. The molecule has 144 valence electrons. The van der Waals surface area contributed by atoms with Gasteiger partial charge in [-0.05, 0) is 36.4 Å². The molecule has 0 aliphatic carbocycles. The summed E-state index contributed by atoms with van der Waals surface area (Å²) in [5, 5.41) is 13.0. The van der Waals surface area contributed by atoms with Gasteiger partial charge in [0.1, 0.15) is 5.75 Å². The molecule has 1 heterocycles. The molecule has 0 atom stereocenters. The highest BCUT2D eigenvalue weighted by molar-refractivity contribution is 7.99. The van der Waals surface area contributed by atoms with Gasteiger partial charge in [-0.2, -0.15) is 0 Å². The van der Waals surface area contributed by atoms with Crippen LogP contribution in [0.25, 0.3) is 11.4 Å². The number of H-pyrrole nitrogens is 1. The lowest BCUT2D eigenvalue weighted by molar-refractivity contribution is -0.114. The summed E-state index contributed by atoms with van der Waals surface area (Å²) >= 11 is 1.23. The summed E-state index contributed by atoms with van der Waals surface area (Å²) in [5.41, 5.74) is 2.20. The Kier molecular flexibility index (Phi) is 6.28. The fraction of sp³-hybridized carbons (Fsp3) is 0.158. The summed E-state index contributed by atoms with van der Waals surface area (Å²) in [6.45, 7) is 1.46. The van der Waals surface area contributed by atoms with Gasteiger partial charge >= 0.3 is 0 Å². The Hall–Kier alpha value is -3.33. The first-order valence-corrected chi connectivity index (χ1v) is 9.39. The SMILES string of the molecule is COc1cccc(NC(=O)CSc2n[nH]c(-c3ccc(NC(C)=O)cc3)n2)c1. The van der Waals surface area contributed by atoms with Crippen LogP contribution in [-0.2, 0) is 9.59 Å². The largest absolute Gasteiger partial charge is 0.497 e. The summed E-state index contributed by atoms with van der Waals surface area (Å²) in [4.78, 5) is 27.6. The predicted molar refractivity (Wildman–Crippen MR) is 108 cm³/mol. The zero-order valence-corrected chi connectivity index (χ0v) is 16.2. The lowest BCUT2D eigenvalue weighted by Crippen LogP contribution is -2.14. The van der Waals surface area contributed by atoms with Crippen LogP contribution in [0.1, 0.15) is 6.92 Å². The van der Waals surface area contributed by atoms with Crippen molar-refractivity contribution in [1.82, 2.24) is 15.2 Å². The molecule has 0 saturated heterocycles. The Labute approximate surface area is 166 Å². The van der Waals surface area contributed by atoms with Gasteiger partial charge < -0.3 is 15.4 Å². The quantitative estimate of drug-likeness (QED) is 0.529. The smallest absolute Gasteiger partial charge is 0.234 e. The first kappa shape index (κ1) is 19.4. The average Bonchev–Trinajstić information content (AvgIpc) is 3.16. The van der Waals surface area contributed by atoms with Gasteiger partial charge in [-0.1, -0.05) is 17.8 Å². The summed E-state index contributed by atoms with van der Waals surface area (Å²) in [6, 6.07) is 14.4. The molecule has 0 spiro atoms. The molecular formula is C19H19N5O3S. The number of anilines is 2. The highest BCUT2D eigenvalue weighted by atomic mass is 32.2. The molecule has 0 saturated carbocycles. The number of ether oxygens (including phenoxy) is 1. The molecule has 0 unspecified atom stereocenters. The molecule has 0 bridgehead atoms. The highest BCUT2D eigenvalue weighted by Crippen LogP contribution is 2.22. The van der Waals surface area contributed by atoms with Crippen molar-refractivity contribution in [1.29, 1.82) is 0 Å². The number of rotatable bonds is 7. The molecule has 8 nitrogen and oxygen atoms in total. The normalized spacial score (nSPS) is 10.4. The van der Waals surface area contributed by atoms with Crippen LogP contribution in [-0.4, -0.2) is 39.9 Å². The van der Waals surface area contributed by atoms with Crippen molar-refractivity contribution in [3.8, 4) is 17.1 Å². The number of methoxy groups -OCH3 is 1. The zero-order chi connectivity index (χ0) is 19.9. The fourth-order valence-electron chi connectivity index (χ4n) is 2.38. The predicted octanol–water partition coefficient (Wildman–Crippen LogP) is 3.17. The van der Waals surface area contributed by atoms with E-state index in [0.29, 0.717) is 28.1 Å². The average molecular weight is 397 g/mol. The highest BCUT2D eigenvalue weighted by Gasteiger charge is 2.10. The number of nitrogens with one attached hydrogen (secondary N) is 3. The summed E-state index contributed by atoms with van der Waals surface area (Å²) in [7, 11) is 1.57. The molecule has 1 aromatic heterocycles. The first-order chi connectivity index (χ1) is 13.5. The maximum absolute atomic E-state index is 12.1. The molecule has 0 radical (unpaired) electrons. The zero-order valence-electron chi connectivity index (χ0n) is 15.4. The van der Waals surface area contributed by atoms with Gasteiger partial charge in [0.15, 0.2) is 5.82 Å². The number of hydrogen-bond donors (Lipinski definition) is 3. The van der Waals surface area contributed by atoms with Gasteiger partial charge in [-0.3, -0.25) is 14.7 Å². The first-order valence-electron chi connectivity index (χ1n) is 8.40. The van der Waals surface area contributed by atoms with Crippen LogP contribution >= 0.6 is 11.8 Å². The van der Waals surface area contributed by atoms with Crippen LogP contribution in [0.5, 0.6) is 5.75 Å². The number of nitrogens with zero attached hydrogens (tertiary/aromatic N) is 2. The lowest BCUT2D eigenvalue weighted by Gasteiger charge is -2.06. The van der Waals surface area contributed by atoms with Crippen LogP contribution in [0.2, 0.25) is 0 Å². The van der Waals surface area contributed by atoms with E-state index in [1.54, 1.807) is 37.4 Å². The van der Waals surface area contributed by atoms with Crippen LogP contribution in [0.4, 0.5) is 11.4 Å². The van der Waals surface area contributed by atoms with Crippen molar-refractivity contribution in [3.63, 3.8) is 0 Å². The van der Waals surface area contributed by atoms with Crippen LogP contribution in [0.3, 0.4) is 0 Å². The Morgan fingerprint density at radius 2 is 1.89 bits per heavy atom. The van der Waals surface area contributed by atoms with Crippen molar-refractivity contribution in [2.45, 2.75) is 12.1 Å². The molecule has 2 amide bonds. The van der Waals surface area contributed by atoms with Crippen LogP contribution < -0.4 is 15.4 Å². The van der Waals surface area contributed by atoms with Gasteiger partial charge in [0.2, 0.25) is 17.0 Å². The second-order valence-corrected chi connectivity index (χ2v) is 6.74. The van der Waals surface area contributed by atoms with Gasteiger partial charge in [0, 0.05) is 29.9 Å². The van der Waals surface area contributed by atoms with Crippen LogP contribution in [0, 0.1) is 0 Å². The van der Waals surface area contributed by atoms with E-state index < -0.39 is 0 Å². The van der Waals surface area contributed by atoms with E-state index in [-0.39, 0.29) is 17.6 Å². The minimum absolute atomic E-state index is 0.127. The third-order valence-corrected chi connectivity index (χ3v) is 4.48. The van der Waals surface area contributed by atoms with Crippen molar-refractivity contribution >= 4 is 35.0 Å². The maximum Gasteiger partial charge on any atom is 0.234 e. The molecule has 0 fully saturated rings. The number of aromatic amines is 1. The molecule has 3 rings (SSSR count). The number of carbonyl (C=O) groups is 2. The summed E-state index contributed by atoms with van der Waals surface area (Å²) in [5.74, 6) is 1.15. The van der Waals surface area contributed by atoms with Gasteiger partial charge in [0.05, 0.1) is 12.9 Å². The van der Waals surface area contributed by atoms with Crippen molar-refractivity contribution in [3.05, 3.63) is 48.5 Å². The number of carbonyl (C=O) groups excluding carboxylic acids is 2. The lowest BCUT2D eigenvalue weighted by atomic mass is 10.2. The van der Waals surface area contributed by atoms with E-state index in [4.69, 9.17) is 4.74 Å². The number of aromatic nitrogens is 3. The monoisotopic (exact) mass is 397 g/mol. The minimum Gasteiger partial charge on any atom is -0.497 e. The molecule has 3 N–H and O–H groups in total. The standard InChI is InChI=1S/C19H19N5O3S/c1-12(25)20-14-8-6-13(7-9-14)18-22-19(24-23-18)28-11-17(26)21-15-4-3-5-16(10-15)27-2/h3-10H,11H2,1-2H3,(H,20,25)(H,21,26)(H,22,23,24). The molecule has 2 aromatic carbocycles. The van der Waals surface area contributed by atoms with Gasteiger partial charge in [-0.25, -0.2) is 4.98 Å². The number of thioether (sulfide) groups is 1. The molecule has 0 aliphatic rings.